The fourth-order valence-electron chi connectivity index (χ4n) is 2.98. The first kappa shape index (κ1) is 22.7. The molecule has 2 rings (SSSR count). The minimum Gasteiger partial charge on any atom is -0.454 e. The molecule has 0 unspecified atom stereocenters. The highest BCUT2D eigenvalue weighted by Gasteiger charge is 2.16. The zero-order chi connectivity index (χ0) is 21.1. The Labute approximate surface area is 171 Å². The molecule has 1 N–H and O–H groups in total. The van der Waals surface area contributed by atoms with Crippen molar-refractivity contribution in [3.05, 3.63) is 47.7 Å². The number of furan rings is 1. The van der Waals surface area contributed by atoms with Crippen LogP contribution in [0, 0.1) is 0 Å². The fourth-order valence-corrected chi connectivity index (χ4v) is 2.98. The topological polar surface area (TPSA) is 85.9 Å². The van der Waals surface area contributed by atoms with Gasteiger partial charge in [-0.2, -0.15) is 0 Å². The molecule has 2 aromatic heterocycles. The minimum absolute atomic E-state index is 0.0347. The maximum Gasteiger partial charge on any atom is 0.286 e. The summed E-state index contributed by atoms with van der Waals surface area (Å²) in [5, 5.41) is 2.81. The molecule has 0 atom stereocenters. The van der Waals surface area contributed by atoms with Crippen LogP contribution in [0.3, 0.4) is 0 Å². The second kappa shape index (κ2) is 12.1. The van der Waals surface area contributed by atoms with Gasteiger partial charge in [-0.15, -0.1) is 0 Å². The molecule has 0 spiro atoms. The Bertz CT molecular complexity index is 768. The second-order valence-corrected chi connectivity index (χ2v) is 6.74. The summed E-state index contributed by atoms with van der Waals surface area (Å²) in [5.74, 6) is 0.690. The average Bonchev–Trinajstić information content (AvgIpc) is 3.35. The van der Waals surface area contributed by atoms with E-state index in [9.17, 15) is 9.59 Å². The van der Waals surface area contributed by atoms with Gasteiger partial charge in [0.05, 0.1) is 13.1 Å². The highest BCUT2D eigenvalue weighted by molar-refractivity contribution is 5.91. The number of methoxy groups -OCH3 is 2. The third-order valence-corrected chi connectivity index (χ3v) is 4.41. The summed E-state index contributed by atoms with van der Waals surface area (Å²) in [5.41, 5.74) is 0.991. The molecule has 0 aliphatic carbocycles. The van der Waals surface area contributed by atoms with Crippen molar-refractivity contribution < 1.29 is 23.5 Å². The molecule has 0 fully saturated rings. The van der Waals surface area contributed by atoms with Crippen LogP contribution in [0.25, 0.3) is 0 Å². The van der Waals surface area contributed by atoms with Gasteiger partial charge in [-0.1, -0.05) is 6.92 Å². The Morgan fingerprint density at radius 1 is 1.21 bits per heavy atom. The zero-order valence-corrected chi connectivity index (χ0v) is 17.5. The number of rotatable bonds is 13. The number of nitrogens with zero attached hydrogens (tertiary/aromatic N) is 2. The highest BCUT2D eigenvalue weighted by Crippen LogP contribution is 2.14. The number of carbonyl (C=O) groups excluding carboxylic acids is 2. The minimum atomic E-state index is -0.237. The number of carbonyl (C=O) groups is 2. The van der Waals surface area contributed by atoms with E-state index in [4.69, 9.17) is 13.9 Å². The standard InChI is InChI=1S/C21H31N3O5/c1-4-11-24(20(25)16-28-3)14-17-7-5-12-23(17)15-18-8-9-19(29-18)21(26)22-10-6-13-27-2/h5,7-9,12H,4,6,10-11,13-16H2,1-3H3,(H,22,26). The van der Waals surface area contributed by atoms with Crippen LogP contribution in [-0.4, -0.2) is 61.8 Å². The largest absolute Gasteiger partial charge is 0.454 e. The number of nitrogens with one attached hydrogen (secondary N) is 1. The Morgan fingerprint density at radius 3 is 2.76 bits per heavy atom. The van der Waals surface area contributed by atoms with E-state index in [-0.39, 0.29) is 24.2 Å². The van der Waals surface area contributed by atoms with Crippen LogP contribution in [0.15, 0.2) is 34.9 Å². The SMILES string of the molecule is CCCN(Cc1cccn1Cc1ccc(C(=O)NCCCOC)o1)C(=O)COC. The van der Waals surface area contributed by atoms with E-state index in [2.05, 4.69) is 5.32 Å². The van der Waals surface area contributed by atoms with Gasteiger partial charge in [0.25, 0.3) is 5.91 Å². The second-order valence-electron chi connectivity index (χ2n) is 6.74. The van der Waals surface area contributed by atoms with Gasteiger partial charge in [0.1, 0.15) is 12.4 Å². The first-order chi connectivity index (χ1) is 14.1. The maximum absolute atomic E-state index is 12.3. The van der Waals surface area contributed by atoms with E-state index in [0.29, 0.717) is 38.5 Å². The summed E-state index contributed by atoms with van der Waals surface area (Å²) in [7, 11) is 3.15. The first-order valence-corrected chi connectivity index (χ1v) is 9.85. The molecular formula is C21H31N3O5. The molecule has 0 saturated carbocycles. The predicted molar refractivity (Wildman–Crippen MR) is 109 cm³/mol. The molecule has 8 nitrogen and oxygen atoms in total. The lowest BCUT2D eigenvalue weighted by Crippen LogP contribution is -2.34. The molecule has 0 bridgehead atoms. The van der Waals surface area contributed by atoms with E-state index in [1.165, 1.54) is 7.11 Å². The van der Waals surface area contributed by atoms with Crippen molar-refractivity contribution in [3.8, 4) is 0 Å². The fraction of sp³-hybridized carbons (Fsp3) is 0.524. The summed E-state index contributed by atoms with van der Waals surface area (Å²) in [6.07, 6.45) is 3.56. The molecule has 0 aliphatic rings. The molecule has 8 heteroatoms. The monoisotopic (exact) mass is 405 g/mol. The number of aromatic nitrogens is 1. The number of ether oxygens (including phenoxy) is 2. The van der Waals surface area contributed by atoms with Gasteiger partial charge in [0, 0.05) is 45.8 Å². The Morgan fingerprint density at radius 2 is 2.03 bits per heavy atom. The number of hydrogen-bond acceptors (Lipinski definition) is 5. The third-order valence-electron chi connectivity index (χ3n) is 4.41. The van der Waals surface area contributed by atoms with Crippen molar-refractivity contribution in [1.82, 2.24) is 14.8 Å². The molecule has 2 heterocycles. The quantitative estimate of drug-likeness (QED) is 0.517. The number of hydrogen-bond donors (Lipinski definition) is 1. The van der Waals surface area contributed by atoms with Gasteiger partial charge in [-0.05, 0) is 37.1 Å². The molecule has 0 saturated heterocycles. The average molecular weight is 405 g/mol. The lowest BCUT2D eigenvalue weighted by atomic mass is 10.3. The van der Waals surface area contributed by atoms with Crippen LogP contribution in [0.5, 0.6) is 0 Å². The molecule has 29 heavy (non-hydrogen) atoms. The Hall–Kier alpha value is -2.58. The third kappa shape index (κ3) is 7.07. The smallest absolute Gasteiger partial charge is 0.286 e. The van der Waals surface area contributed by atoms with Crippen molar-refractivity contribution in [3.63, 3.8) is 0 Å². The molecular weight excluding hydrogens is 374 g/mol. The summed E-state index contributed by atoms with van der Waals surface area (Å²) in [6.45, 7) is 4.89. The van der Waals surface area contributed by atoms with Crippen molar-refractivity contribution in [2.45, 2.75) is 32.9 Å². The molecule has 160 valence electrons. The summed E-state index contributed by atoms with van der Waals surface area (Å²) in [4.78, 5) is 26.2. The van der Waals surface area contributed by atoms with Crippen LogP contribution in [0.4, 0.5) is 0 Å². The Kier molecular flexibility index (Phi) is 9.46. The van der Waals surface area contributed by atoms with Gasteiger partial charge < -0.3 is 28.7 Å². The predicted octanol–water partition coefficient (Wildman–Crippen LogP) is 2.28. The van der Waals surface area contributed by atoms with E-state index in [0.717, 1.165) is 18.5 Å². The van der Waals surface area contributed by atoms with Gasteiger partial charge >= 0.3 is 0 Å². The van der Waals surface area contributed by atoms with Crippen molar-refractivity contribution in [1.29, 1.82) is 0 Å². The van der Waals surface area contributed by atoms with Crippen molar-refractivity contribution in [2.75, 3.05) is 40.5 Å². The molecule has 0 radical (unpaired) electrons. The summed E-state index contributed by atoms with van der Waals surface area (Å²) >= 11 is 0. The lowest BCUT2D eigenvalue weighted by molar-refractivity contribution is -0.135. The molecule has 0 aliphatic heterocycles. The van der Waals surface area contributed by atoms with Crippen molar-refractivity contribution in [2.24, 2.45) is 0 Å². The summed E-state index contributed by atoms with van der Waals surface area (Å²) in [6, 6.07) is 7.39. The van der Waals surface area contributed by atoms with Crippen LogP contribution in [0.2, 0.25) is 0 Å². The molecule has 2 aromatic rings. The van der Waals surface area contributed by atoms with Gasteiger partial charge in [0.15, 0.2) is 5.76 Å². The van der Waals surface area contributed by atoms with Crippen LogP contribution < -0.4 is 5.32 Å². The van der Waals surface area contributed by atoms with Crippen molar-refractivity contribution >= 4 is 11.8 Å². The Balaban J connectivity index is 1.98. The zero-order valence-electron chi connectivity index (χ0n) is 17.5. The summed E-state index contributed by atoms with van der Waals surface area (Å²) < 4.78 is 17.7. The van der Waals surface area contributed by atoms with Crippen LogP contribution in [0.1, 0.15) is 41.8 Å². The van der Waals surface area contributed by atoms with Crippen LogP contribution >= 0.6 is 0 Å². The van der Waals surface area contributed by atoms with Gasteiger partial charge in [0.2, 0.25) is 5.91 Å². The van der Waals surface area contributed by atoms with E-state index < -0.39 is 0 Å². The maximum atomic E-state index is 12.3. The van der Waals surface area contributed by atoms with E-state index in [1.54, 1.807) is 24.1 Å². The highest BCUT2D eigenvalue weighted by atomic mass is 16.5. The van der Waals surface area contributed by atoms with Gasteiger partial charge in [-0.3, -0.25) is 9.59 Å². The van der Waals surface area contributed by atoms with E-state index >= 15 is 0 Å². The van der Waals surface area contributed by atoms with Gasteiger partial charge in [-0.25, -0.2) is 0 Å². The number of amides is 2. The normalized spacial score (nSPS) is 10.9. The first-order valence-electron chi connectivity index (χ1n) is 9.85. The van der Waals surface area contributed by atoms with E-state index in [1.807, 2.05) is 29.8 Å². The molecule has 2 amide bonds. The van der Waals surface area contributed by atoms with Crippen LogP contribution in [-0.2, 0) is 27.4 Å². The lowest BCUT2D eigenvalue weighted by Gasteiger charge is -2.22. The molecule has 0 aromatic carbocycles.